The van der Waals surface area contributed by atoms with Crippen molar-refractivity contribution in [3.8, 4) is 0 Å². The Kier molecular flexibility index (Phi) is 4.78. The topological polar surface area (TPSA) is 47.1 Å². The number of hydrogen-bond donors (Lipinski definition) is 1. The fourth-order valence-electron chi connectivity index (χ4n) is 2.97. The van der Waals surface area contributed by atoms with E-state index in [1.165, 1.54) is 25.8 Å². The molecule has 1 aliphatic heterocycles. The zero-order valence-corrected chi connectivity index (χ0v) is 11.7. The Morgan fingerprint density at radius 3 is 2.89 bits per heavy atom. The monoisotopic (exact) mass is 250 g/mol. The van der Waals surface area contributed by atoms with Crippen molar-refractivity contribution in [2.45, 2.75) is 45.7 Å². The van der Waals surface area contributed by atoms with Gasteiger partial charge in [-0.15, -0.1) is 0 Å². The minimum Gasteiger partial charge on any atom is -0.334 e. The first-order chi connectivity index (χ1) is 8.74. The minimum atomic E-state index is 0.576. The van der Waals surface area contributed by atoms with E-state index in [2.05, 4.69) is 34.5 Å². The van der Waals surface area contributed by atoms with Crippen LogP contribution in [0.25, 0.3) is 0 Å². The second kappa shape index (κ2) is 6.34. The molecule has 0 aliphatic carbocycles. The van der Waals surface area contributed by atoms with E-state index in [1.54, 1.807) is 0 Å². The molecule has 2 N–H and O–H groups in total. The highest BCUT2D eigenvalue weighted by Crippen LogP contribution is 2.24. The molecule has 2 atom stereocenters. The van der Waals surface area contributed by atoms with Crippen molar-refractivity contribution < 1.29 is 0 Å². The molecule has 1 saturated heterocycles. The van der Waals surface area contributed by atoms with E-state index in [0.29, 0.717) is 6.04 Å². The highest BCUT2D eigenvalue weighted by molar-refractivity contribution is 4.89. The summed E-state index contributed by atoms with van der Waals surface area (Å²) in [6.45, 7) is 8.47. The van der Waals surface area contributed by atoms with Crippen molar-refractivity contribution in [1.29, 1.82) is 0 Å². The van der Waals surface area contributed by atoms with Crippen molar-refractivity contribution in [2.24, 2.45) is 11.7 Å². The molecule has 2 rings (SSSR count). The Hall–Kier alpha value is -0.870. The van der Waals surface area contributed by atoms with Gasteiger partial charge in [-0.1, -0.05) is 13.3 Å². The van der Waals surface area contributed by atoms with Crippen LogP contribution in [-0.2, 0) is 6.54 Å². The Labute approximate surface area is 110 Å². The number of likely N-dealkylation sites (tertiary alicyclic amines) is 1. The summed E-state index contributed by atoms with van der Waals surface area (Å²) in [6.07, 6.45) is 7.83. The van der Waals surface area contributed by atoms with E-state index in [0.717, 1.165) is 31.4 Å². The third-order valence-corrected chi connectivity index (χ3v) is 4.35. The summed E-state index contributed by atoms with van der Waals surface area (Å²) in [4.78, 5) is 6.83. The zero-order valence-electron chi connectivity index (χ0n) is 11.7. The second-order valence-electron chi connectivity index (χ2n) is 5.39. The van der Waals surface area contributed by atoms with Crippen LogP contribution in [0.15, 0.2) is 12.4 Å². The number of rotatable bonds is 5. The lowest BCUT2D eigenvalue weighted by Crippen LogP contribution is -2.47. The quantitative estimate of drug-likeness (QED) is 0.864. The van der Waals surface area contributed by atoms with Crippen LogP contribution >= 0.6 is 0 Å². The van der Waals surface area contributed by atoms with Crippen LogP contribution in [0.1, 0.15) is 32.0 Å². The average molecular weight is 250 g/mol. The van der Waals surface area contributed by atoms with Gasteiger partial charge in [0.2, 0.25) is 0 Å². The average Bonchev–Trinajstić information content (AvgIpc) is 2.81. The van der Waals surface area contributed by atoms with Gasteiger partial charge in [-0.2, -0.15) is 0 Å². The smallest absolute Gasteiger partial charge is 0.105 e. The molecule has 0 bridgehead atoms. The summed E-state index contributed by atoms with van der Waals surface area (Å²) < 4.78 is 2.22. The number of imidazole rings is 1. The van der Waals surface area contributed by atoms with E-state index >= 15 is 0 Å². The van der Waals surface area contributed by atoms with Crippen molar-refractivity contribution in [3.63, 3.8) is 0 Å². The zero-order chi connectivity index (χ0) is 13.0. The van der Waals surface area contributed by atoms with E-state index in [4.69, 9.17) is 5.73 Å². The van der Waals surface area contributed by atoms with Gasteiger partial charge in [0, 0.05) is 38.1 Å². The number of piperidine rings is 1. The van der Waals surface area contributed by atoms with E-state index in [1.807, 2.05) is 6.20 Å². The lowest BCUT2D eigenvalue weighted by atomic mass is 9.89. The maximum Gasteiger partial charge on any atom is 0.105 e. The summed E-state index contributed by atoms with van der Waals surface area (Å²) in [5.41, 5.74) is 5.93. The summed E-state index contributed by atoms with van der Waals surface area (Å²) >= 11 is 0. The molecule has 1 fully saturated rings. The van der Waals surface area contributed by atoms with E-state index < -0.39 is 0 Å². The molecule has 0 amide bonds. The molecule has 0 spiro atoms. The summed E-state index contributed by atoms with van der Waals surface area (Å²) in [5.74, 6) is 1.98. The Bertz CT molecular complexity index is 360. The number of aromatic nitrogens is 2. The third-order valence-electron chi connectivity index (χ3n) is 4.35. The fraction of sp³-hybridized carbons (Fsp3) is 0.786. The molecule has 1 aromatic rings. The summed E-state index contributed by atoms with van der Waals surface area (Å²) in [5, 5.41) is 0. The maximum atomic E-state index is 5.93. The molecule has 102 valence electrons. The molecular weight excluding hydrogens is 224 g/mol. The highest BCUT2D eigenvalue weighted by Gasteiger charge is 2.26. The first-order valence-corrected chi connectivity index (χ1v) is 7.16. The van der Waals surface area contributed by atoms with Crippen LogP contribution in [0.5, 0.6) is 0 Å². The molecule has 0 saturated carbocycles. The molecule has 0 radical (unpaired) electrons. The van der Waals surface area contributed by atoms with Gasteiger partial charge in [-0.25, -0.2) is 4.98 Å². The second-order valence-corrected chi connectivity index (χ2v) is 5.39. The van der Waals surface area contributed by atoms with Crippen LogP contribution in [-0.4, -0.2) is 40.1 Å². The molecular formula is C14H26N4. The van der Waals surface area contributed by atoms with Crippen molar-refractivity contribution >= 4 is 0 Å². The number of aryl methyl sites for hydroxylation is 1. The van der Waals surface area contributed by atoms with Crippen molar-refractivity contribution in [2.75, 3.05) is 19.6 Å². The van der Waals surface area contributed by atoms with Gasteiger partial charge in [-0.05, 0) is 32.2 Å². The van der Waals surface area contributed by atoms with Crippen LogP contribution in [0.3, 0.4) is 0 Å². The first kappa shape index (κ1) is 13.6. The van der Waals surface area contributed by atoms with Gasteiger partial charge in [0.1, 0.15) is 5.82 Å². The van der Waals surface area contributed by atoms with Crippen LogP contribution in [0.2, 0.25) is 0 Å². The lowest BCUT2D eigenvalue weighted by Gasteiger charge is -2.39. The maximum absolute atomic E-state index is 5.93. The predicted octanol–water partition coefficient (Wildman–Crippen LogP) is 1.64. The number of nitrogens with zero attached hydrogens (tertiary/aromatic N) is 3. The van der Waals surface area contributed by atoms with E-state index in [-0.39, 0.29) is 0 Å². The molecule has 18 heavy (non-hydrogen) atoms. The van der Waals surface area contributed by atoms with Gasteiger partial charge in [0.05, 0.1) is 0 Å². The van der Waals surface area contributed by atoms with Gasteiger partial charge in [0.15, 0.2) is 0 Å². The number of hydrogen-bond acceptors (Lipinski definition) is 3. The molecule has 1 aliphatic rings. The van der Waals surface area contributed by atoms with Crippen molar-refractivity contribution in [3.05, 3.63) is 18.2 Å². The number of nitrogens with two attached hydrogens (primary N) is 1. The normalized spacial score (nSPS) is 25.5. The Balaban J connectivity index is 1.87. The van der Waals surface area contributed by atoms with Gasteiger partial charge in [0.25, 0.3) is 0 Å². The first-order valence-electron chi connectivity index (χ1n) is 7.16. The fourth-order valence-corrected chi connectivity index (χ4v) is 2.97. The molecule has 0 aromatic carbocycles. The van der Waals surface area contributed by atoms with Crippen LogP contribution < -0.4 is 5.73 Å². The molecule has 4 nitrogen and oxygen atoms in total. The predicted molar refractivity (Wildman–Crippen MR) is 74.4 cm³/mol. The Morgan fingerprint density at radius 2 is 2.28 bits per heavy atom. The van der Waals surface area contributed by atoms with Gasteiger partial charge < -0.3 is 10.3 Å². The third kappa shape index (κ3) is 3.12. The lowest BCUT2D eigenvalue weighted by molar-refractivity contribution is 0.110. The highest BCUT2D eigenvalue weighted by atomic mass is 15.2. The van der Waals surface area contributed by atoms with Gasteiger partial charge >= 0.3 is 0 Å². The summed E-state index contributed by atoms with van der Waals surface area (Å²) in [6, 6.07) is 0.576. The summed E-state index contributed by atoms with van der Waals surface area (Å²) in [7, 11) is 0. The molecule has 2 unspecified atom stereocenters. The van der Waals surface area contributed by atoms with Crippen LogP contribution in [0.4, 0.5) is 0 Å². The van der Waals surface area contributed by atoms with Gasteiger partial charge in [-0.3, -0.25) is 4.90 Å². The Morgan fingerprint density at radius 1 is 1.44 bits per heavy atom. The molecule has 4 heteroatoms. The van der Waals surface area contributed by atoms with Crippen LogP contribution in [0, 0.1) is 12.8 Å². The SMILES string of the molecule is CCC1CCN(CCn2ccnc2C)C(CN)C1. The molecule has 1 aromatic heterocycles. The van der Waals surface area contributed by atoms with E-state index in [9.17, 15) is 0 Å². The standard InChI is InChI=1S/C14H26N4/c1-3-13-4-6-18(14(10-13)11-15)9-8-17-7-5-16-12(17)2/h5,7,13-14H,3-4,6,8-11,15H2,1-2H3. The minimum absolute atomic E-state index is 0.576. The van der Waals surface area contributed by atoms with Crippen molar-refractivity contribution in [1.82, 2.24) is 14.5 Å². The largest absolute Gasteiger partial charge is 0.334 e. The molecule has 2 heterocycles.